The van der Waals surface area contributed by atoms with Crippen molar-refractivity contribution in [1.29, 1.82) is 0 Å². The number of carbonyl (C=O) groups excluding carboxylic acids is 2. The van der Waals surface area contributed by atoms with E-state index < -0.39 is 29.5 Å². The van der Waals surface area contributed by atoms with Gasteiger partial charge in [-0.05, 0) is 26.0 Å². The van der Waals surface area contributed by atoms with Crippen molar-refractivity contribution in [3.8, 4) is 23.0 Å². The number of hydrogen-bond acceptors (Lipinski definition) is 9. The predicted molar refractivity (Wildman–Crippen MR) is 129 cm³/mol. The molecule has 9 nitrogen and oxygen atoms in total. The highest BCUT2D eigenvalue weighted by molar-refractivity contribution is 5.98. The van der Waals surface area contributed by atoms with Gasteiger partial charge in [0.1, 0.15) is 29.1 Å². The van der Waals surface area contributed by atoms with Crippen molar-refractivity contribution in [2.45, 2.75) is 38.9 Å². The number of ketones is 1. The first-order chi connectivity index (χ1) is 17.2. The third kappa shape index (κ3) is 4.22. The summed E-state index contributed by atoms with van der Waals surface area (Å²) in [6, 6.07) is 8.22. The van der Waals surface area contributed by atoms with Gasteiger partial charge in [-0.2, -0.15) is 0 Å². The number of phenols is 2. The Bertz CT molecular complexity index is 1350. The molecule has 2 atom stereocenters. The molecule has 0 saturated carbocycles. The van der Waals surface area contributed by atoms with E-state index in [0.29, 0.717) is 28.1 Å². The second-order valence-corrected chi connectivity index (χ2v) is 8.58. The molecule has 3 aromatic rings. The molecule has 1 aliphatic rings. The average molecular weight is 494 g/mol. The van der Waals surface area contributed by atoms with E-state index in [9.17, 15) is 24.9 Å². The number of nitrogens with zero attached hydrogens (tertiary/aromatic N) is 1. The standard InChI is InChI=1S/C27H27NO8/c1-13-24(31)22-15(11-28-13)12-36-27(22)19-9-17(14(2)29)25(32)23(26(19)33)18(10-21(30)35-4)16-7-5-6-8-20(16)34-3/h5-9,11,18,27,31-33H,10,12H2,1-4H3/t18-,27+/m0/s1. The molecular formula is C27H27NO8. The number of hydrogen-bond donors (Lipinski definition) is 3. The first-order valence-corrected chi connectivity index (χ1v) is 11.3. The number of rotatable bonds is 7. The molecule has 2 heterocycles. The van der Waals surface area contributed by atoms with Crippen molar-refractivity contribution in [2.24, 2.45) is 0 Å². The quantitative estimate of drug-likeness (QED) is 0.329. The molecule has 3 N–H and O–H groups in total. The minimum Gasteiger partial charge on any atom is -0.507 e. The fourth-order valence-electron chi connectivity index (χ4n) is 4.64. The molecular weight excluding hydrogens is 466 g/mol. The summed E-state index contributed by atoms with van der Waals surface area (Å²) in [6.45, 7) is 3.05. The number of fused-ring (bicyclic) bond motifs is 1. The number of benzene rings is 2. The summed E-state index contributed by atoms with van der Waals surface area (Å²) >= 11 is 0. The molecule has 2 aromatic carbocycles. The molecule has 0 unspecified atom stereocenters. The van der Waals surface area contributed by atoms with E-state index in [2.05, 4.69) is 4.98 Å². The van der Waals surface area contributed by atoms with Gasteiger partial charge in [0.25, 0.3) is 0 Å². The first-order valence-electron chi connectivity index (χ1n) is 11.3. The van der Waals surface area contributed by atoms with Crippen LogP contribution in [-0.2, 0) is 20.9 Å². The van der Waals surface area contributed by atoms with Crippen LogP contribution in [0.1, 0.15) is 69.2 Å². The lowest BCUT2D eigenvalue weighted by Gasteiger charge is -2.25. The molecule has 0 saturated heterocycles. The maximum atomic E-state index is 12.6. The third-order valence-corrected chi connectivity index (χ3v) is 6.49. The molecule has 188 valence electrons. The molecule has 4 rings (SSSR count). The Morgan fingerprint density at radius 1 is 1.14 bits per heavy atom. The van der Waals surface area contributed by atoms with Gasteiger partial charge in [-0.15, -0.1) is 0 Å². The lowest BCUT2D eigenvalue weighted by Crippen LogP contribution is -2.14. The van der Waals surface area contributed by atoms with Crippen LogP contribution in [0.3, 0.4) is 0 Å². The zero-order valence-corrected chi connectivity index (χ0v) is 20.4. The molecule has 0 spiro atoms. The summed E-state index contributed by atoms with van der Waals surface area (Å²) in [4.78, 5) is 29.2. The summed E-state index contributed by atoms with van der Waals surface area (Å²) in [6.07, 6.45) is 0.397. The summed E-state index contributed by atoms with van der Waals surface area (Å²) in [5.74, 6) is -2.48. The van der Waals surface area contributed by atoms with Crippen LogP contribution < -0.4 is 4.74 Å². The van der Waals surface area contributed by atoms with Crippen LogP contribution >= 0.6 is 0 Å². The zero-order valence-electron chi connectivity index (χ0n) is 20.4. The number of phenolic OH excluding ortho intramolecular Hbond substituents is 2. The van der Waals surface area contributed by atoms with Gasteiger partial charge in [0, 0.05) is 39.9 Å². The van der Waals surface area contributed by atoms with Crippen molar-refractivity contribution in [2.75, 3.05) is 14.2 Å². The van der Waals surface area contributed by atoms with Crippen molar-refractivity contribution in [3.63, 3.8) is 0 Å². The Morgan fingerprint density at radius 3 is 2.53 bits per heavy atom. The van der Waals surface area contributed by atoms with Crippen LogP contribution in [0, 0.1) is 6.92 Å². The first kappa shape index (κ1) is 25.0. The van der Waals surface area contributed by atoms with Crippen molar-refractivity contribution in [3.05, 3.63) is 75.6 Å². The number of aromatic nitrogens is 1. The number of carbonyl (C=O) groups is 2. The number of para-hydroxylation sites is 1. The fourth-order valence-corrected chi connectivity index (χ4v) is 4.64. The monoisotopic (exact) mass is 493 g/mol. The zero-order chi connectivity index (χ0) is 26.1. The maximum Gasteiger partial charge on any atom is 0.306 e. The Hall–Kier alpha value is -4.11. The number of Topliss-reactive ketones (excluding diaryl/α,β-unsaturated/α-hetero) is 1. The van der Waals surface area contributed by atoms with Crippen molar-refractivity contribution < 1.29 is 39.1 Å². The lowest BCUT2D eigenvalue weighted by atomic mass is 9.82. The van der Waals surface area contributed by atoms with Gasteiger partial charge in [0.15, 0.2) is 5.78 Å². The topological polar surface area (TPSA) is 135 Å². The Labute approximate surface area is 207 Å². The number of pyridine rings is 1. The molecule has 1 aliphatic heterocycles. The molecule has 1 aromatic heterocycles. The van der Waals surface area contributed by atoms with E-state index in [0.717, 1.165) is 0 Å². The normalized spacial score (nSPS) is 15.3. The van der Waals surface area contributed by atoms with Gasteiger partial charge in [0.2, 0.25) is 0 Å². The number of ether oxygens (including phenoxy) is 3. The summed E-state index contributed by atoms with van der Waals surface area (Å²) in [7, 11) is 2.70. The van der Waals surface area contributed by atoms with Crippen LogP contribution in [0.25, 0.3) is 0 Å². The summed E-state index contributed by atoms with van der Waals surface area (Å²) in [5.41, 5.74) is 1.99. The van der Waals surface area contributed by atoms with Gasteiger partial charge < -0.3 is 29.5 Å². The largest absolute Gasteiger partial charge is 0.507 e. The van der Waals surface area contributed by atoms with Crippen LogP contribution in [-0.4, -0.2) is 46.3 Å². The maximum absolute atomic E-state index is 12.6. The van der Waals surface area contributed by atoms with Gasteiger partial charge in [-0.3, -0.25) is 14.6 Å². The van der Waals surface area contributed by atoms with Crippen LogP contribution in [0.15, 0.2) is 36.5 Å². The van der Waals surface area contributed by atoms with Crippen molar-refractivity contribution in [1.82, 2.24) is 4.98 Å². The summed E-state index contributed by atoms with van der Waals surface area (Å²) in [5, 5.41) is 33.5. The minimum absolute atomic E-state index is 0.0464. The molecule has 0 radical (unpaired) electrons. The molecule has 0 bridgehead atoms. The molecule has 0 fully saturated rings. The molecule has 9 heteroatoms. The van der Waals surface area contributed by atoms with Crippen molar-refractivity contribution >= 4 is 11.8 Å². The molecule has 36 heavy (non-hydrogen) atoms. The highest BCUT2D eigenvalue weighted by Gasteiger charge is 2.36. The summed E-state index contributed by atoms with van der Waals surface area (Å²) < 4.78 is 16.3. The highest BCUT2D eigenvalue weighted by atomic mass is 16.5. The van der Waals surface area contributed by atoms with Gasteiger partial charge in [-0.1, -0.05) is 18.2 Å². The van der Waals surface area contributed by atoms with Gasteiger partial charge in [-0.25, -0.2) is 0 Å². The van der Waals surface area contributed by atoms with E-state index in [1.165, 1.54) is 27.2 Å². The smallest absolute Gasteiger partial charge is 0.306 e. The van der Waals surface area contributed by atoms with E-state index in [1.807, 2.05) is 0 Å². The number of aryl methyl sites for hydroxylation is 1. The number of esters is 1. The van der Waals surface area contributed by atoms with E-state index >= 15 is 0 Å². The fraction of sp³-hybridized carbons (Fsp3) is 0.296. The Kier molecular flexibility index (Phi) is 6.85. The third-order valence-electron chi connectivity index (χ3n) is 6.49. The second kappa shape index (κ2) is 9.87. The van der Waals surface area contributed by atoms with Crippen LogP contribution in [0.4, 0.5) is 0 Å². The van der Waals surface area contributed by atoms with E-state index in [-0.39, 0.29) is 41.2 Å². The SMILES string of the molecule is COC(=O)C[C@@H](c1ccccc1OC)c1c(O)c(C(C)=O)cc([C@H]2OCc3cnc(C)c(O)c32)c1O. The Balaban J connectivity index is 2.01. The number of methoxy groups -OCH3 is 2. The molecule has 0 amide bonds. The molecule has 0 aliphatic carbocycles. The Morgan fingerprint density at radius 2 is 1.86 bits per heavy atom. The highest BCUT2D eigenvalue weighted by Crippen LogP contribution is 2.51. The van der Waals surface area contributed by atoms with Crippen LogP contribution in [0.2, 0.25) is 0 Å². The van der Waals surface area contributed by atoms with Crippen LogP contribution in [0.5, 0.6) is 23.0 Å². The van der Waals surface area contributed by atoms with E-state index in [1.54, 1.807) is 37.4 Å². The average Bonchev–Trinajstić information content (AvgIpc) is 3.30. The predicted octanol–water partition coefficient (Wildman–Crippen LogP) is 4.03. The minimum atomic E-state index is -0.935. The lowest BCUT2D eigenvalue weighted by molar-refractivity contribution is -0.140. The second-order valence-electron chi connectivity index (χ2n) is 8.58. The van der Waals surface area contributed by atoms with Gasteiger partial charge in [0.05, 0.1) is 38.5 Å². The van der Waals surface area contributed by atoms with E-state index in [4.69, 9.17) is 14.2 Å². The number of aromatic hydroxyl groups is 3. The van der Waals surface area contributed by atoms with Gasteiger partial charge >= 0.3 is 5.97 Å².